The molecule has 1 heterocycles. The average Bonchev–Trinajstić information content (AvgIpc) is 2.47. The first-order valence-electron chi connectivity index (χ1n) is 6.82. The number of nitrogens with one attached hydrogen (secondary N) is 2. The van der Waals surface area contributed by atoms with Gasteiger partial charge in [-0.1, -0.05) is 41.9 Å². The molecule has 0 unspecified atom stereocenters. The Morgan fingerprint density at radius 2 is 1.95 bits per heavy atom. The van der Waals surface area contributed by atoms with Crippen LogP contribution in [-0.2, 0) is 0 Å². The molecule has 2 aromatic rings. The van der Waals surface area contributed by atoms with E-state index in [0.717, 1.165) is 12.1 Å². The highest BCUT2D eigenvalue weighted by atomic mass is 35.5. The second-order valence-electron chi connectivity index (χ2n) is 5.22. The average molecular weight is 305 g/mol. The van der Waals surface area contributed by atoms with Crippen molar-refractivity contribution in [3.05, 3.63) is 64.9 Å². The first-order chi connectivity index (χ1) is 10.1. The fourth-order valence-electron chi connectivity index (χ4n) is 2.10. The van der Waals surface area contributed by atoms with Gasteiger partial charge in [0.15, 0.2) is 0 Å². The van der Waals surface area contributed by atoms with E-state index in [4.69, 9.17) is 11.6 Å². The molecule has 1 aromatic carbocycles. The third-order valence-corrected chi connectivity index (χ3v) is 3.33. The molecule has 0 saturated carbocycles. The molecular weight excluding hydrogens is 286 g/mol. The maximum atomic E-state index is 12.3. The van der Waals surface area contributed by atoms with E-state index in [2.05, 4.69) is 24.4 Å². The predicted octanol–water partition coefficient (Wildman–Crippen LogP) is 1.35. The molecule has 110 valence electrons. The standard InChI is InChI=1S/C16H18ClN3O/c1-20(2)11-14(12-6-4-3-5-7-12)19-16(21)13-8-9-15(17)18-10-13/h3-10,14H,11H2,1-2H3,(H,19,21)/p+1/t14-/m0/s1. The van der Waals surface area contributed by atoms with Gasteiger partial charge in [-0.15, -0.1) is 0 Å². The van der Waals surface area contributed by atoms with E-state index in [1.807, 2.05) is 30.3 Å². The van der Waals surface area contributed by atoms with E-state index in [9.17, 15) is 4.79 Å². The molecule has 2 rings (SSSR count). The summed E-state index contributed by atoms with van der Waals surface area (Å²) in [6.07, 6.45) is 1.49. The van der Waals surface area contributed by atoms with Crippen molar-refractivity contribution in [2.45, 2.75) is 6.04 Å². The molecule has 0 saturated heterocycles. The Morgan fingerprint density at radius 1 is 1.24 bits per heavy atom. The molecule has 0 bridgehead atoms. The maximum Gasteiger partial charge on any atom is 0.253 e. The van der Waals surface area contributed by atoms with Crippen LogP contribution in [0.15, 0.2) is 48.7 Å². The van der Waals surface area contributed by atoms with Crippen molar-refractivity contribution in [1.29, 1.82) is 0 Å². The van der Waals surface area contributed by atoms with Gasteiger partial charge in [0.25, 0.3) is 5.91 Å². The van der Waals surface area contributed by atoms with Crippen LogP contribution in [0.1, 0.15) is 22.0 Å². The molecule has 5 heteroatoms. The van der Waals surface area contributed by atoms with Gasteiger partial charge in [-0.25, -0.2) is 4.98 Å². The number of benzene rings is 1. The van der Waals surface area contributed by atoms with Crippen LogP contribution in [0.5, 0.6) is 0 Å². The minimum absolute atomic E-state index is 0.0422. The van der Waals surface area contributed by atoms with Crippen molar-refractivity contribution < 1.29 is 9.69 Å². The number of quaternary nitrogens is 1. The molecule has 0 aliphatic rings. The van der Waals surface area contributed by atoms with Crippen LogP contribution in [0.25, 0.3) is 0 Å². The zero-order chi connectivity index (χ0) is 15.2. The fraction of sp³-hybridized carbons (Fsp3) is 0.250. The summed E-state index contributed by atoms with van der Waals surface area (Å²) in [5, 5.41) is 3.44. The van der Waals surface area contributed by atoms with Crippen LogP contribution in [0.4, 0.5) is 0 Å². The summed E-state index contributed by atoms with van der Waals surface area (Å²) in [6.45, 7) is 0.802. The Bertz CT molecular complexity index is 584. The summed E-state index contributed by atoms with van der Waals surface area (Å²) >= 11 is 5.74. The largest absolute Gasteiger partial charge is 0.340 e. The van der Waals surface area contributed by atoms with E-state index in [1.54, 1.807) is 12.1 Å². The van der Waals surface area contributed by atoms with Crippen molar-refractivity contribution in [1.82, 2.24) is 10.3 Å². The molecule has 1 aromatic heterocycles. The minimum atomic E-state index is -0.144. The van der Waals surface area contributed by atoms with Crippen LogP contribution in [0, 0.1) is 0 Å². The van der Waals surface area contributed by atoms with Gasteiger partial charge in [0, 0.05) is 6.20 Å². The molecular formula is C16H19ClN3O+. The summed E-state index contributed by atoms with van der Waals surface area (Å²) in [7, 11) is 4.12. The van der Waals surface area contributed by atoms with Gasteiger partial charge in [0.2, 0.25) is 0 Å². The molecule has 21 heavy (non-hydrogen) atoms. The number of amides is 1. The second-order valence-corrected chi connectivity index (χ2v) is 5.60. The second kappa shape index (κ2) is 7.20. The number of carbonyl (C=O) groups excluding carboxylic acids is 1. The lowest BCUT2D eigenvalue weighted by molar-refractivity contribution is -0.860. The summed E-state index contributed by atoms with van der Waals surface area (Å²) < 4.78 is 0. The van der Waals surface area contributed by atoms with Gasteiger partial charge in [0.1, 0.15) is 17.7 Å². The number of likely N-dealkylation sites (N-methyl/N-ethyl adjacent to an activating group) is 1. The van der Waals surface area contributed by atoms with Crippen LogP contribution >= 0.6 is 11.6 Å². The van der Waals surface area contributed by atoms with Crippen molar-refractivity contribution in [2.75, 3.05) is 20.6 Å². The molecule has 0 aliphatic carbocycles. The lowest BCUT2D eigenvalue weighted by Gasteiger charge is -2.20. The fourth-order valence-corrected chi connectivity index (χ4v) is 2.21. The van der Waals surface area contributed by atoms with Gasteiger partial charge in [0.05, 0.1) is 19.7 Å². The van der Waals surface area contributed by atoms with Crippen LogP contribution < -0.4 is 10.2 Å². The molecule has 2 N–H and O–H groups in total. The van der Waals surface area contributed by atoms with Crippen molar-refractivity contribution in [3.8, 4) is 0 Å². The SMILES string of the molecule is C[NH+](C)C[C@H](NC(=O)c1ccc(Cl)nc1)c1ccccc1. The van der Waals surface area contributed by atoms with E-state index in [1.165, 1.54) is 11.1 Å². The summed E-state index contributed by atoms with van der Waals surface area (Å²) in [5.41, 5.74) is 1.60. The van der Waals surface area contributed by atoms with Gasteiger partial charge >= 0.3 is 0 Å². The Kier molecular flexibility index (Phi) is 5.31. The Morgan fingerprint density at radius 3 is 2.52 bits per heavy atom. The molecule has 0 fully saturated rings. The molecule has 4 nitrogen and oxygen atoms in total. The zero-order valence-electron chi connectivity index (χ0n) is 12.1. The molecule has 0 aliphatic heterocycles. The smallest absolute Gasteiger partial charge is 0.253 e. The van der Waals surface area contributed by atoms with Gasteiger partial charge in [-0.05, 0) is 17.7 Å². The first-order valence-corrected chi connectivity index (χ1v) is 7.20. The van der Waals surface area contributed by atoms with Crippen molar-refractivity contribution >= 4 is 17.5 Å². The van der Waals surface area contributed by atoms with Gasteiger partial charge in [-0.3, -0.25) is 4.79 Å². The number of rotatable bonds is 5. The van der Waals surface area contributed by atoms with Crippen molar-refractivity contribution in [2.24, 2.45) is 0 Å². The number of hydrogen-bond acceptors (Lipinski definition) is 2. The highest BCUT2D eigenvalue weighted by Crippen LogP contribution is 2.12. The van der Waals surface area contributed by atoms with E-state index in [-0.39, 0.29) is 11.9 Å². The molecule has 0 spiro atoms. The lowest BCUT2D eigenvalue weighted by Crippen LogP contribution is -3.06. The lowest BCUT2D eigenvalue weighted by atomic mass is 10.1. The predicted molar refractivity (Wildman–Crippen MR) is 83.6 cm³/mol. The molecule has 0 radical (unpaired) electrons. The first kappa shape index (κ1) is 15.5. The number of pyridine rings is 1. The quantitative estimate of drug-likeness (QED) is 0.819. The van der Waals surface area contributed by atoms with E-state index in [0.29, 0.717) is 10.7 Å². The number of nitrogens with zero attached hydrogens (tertiary/aromatic N) is 1. The van der Waals surface area contributed by atoms with Crippen LogP contribution in [0.3, 0.4) is 0 Å². The molecule has 1 atom stereocenters. The van der Waals surface area contributed by atoms with Crippen LogP contribution in [0.2, 0.25) is 5.15 Å². The topological polar surface area (TPSA) is 46.4 Å². The highest BCUT2D eigenvalue weighted by molar-refractivity contribution is 6.29. The number of carbonyl (C=O) groups is 1. The summed E-state index contributed by atoms with van der Waals surface area (Å²) in [4.78, 5) is 17.5. The van der Waals surface area contributed by atoms with Gasteiger partial charge < -0.3 is 10.2 Å². The summed E-state index contributed by atoms with van der Waals surface area (Å²) in [5.74, 6) is -0.144. The third kappa shape index (κ3) is 4.55. The minimum Gasteiger partial charge on any atom is -0.340 e. The van der Waals surface area contributed by atoms with Crippen LogP contribution in [-0.4, -0.2) is 31.5 Å². The molecule has 1 amide bonds. The Labute approximate surface area is 129 Å². The Balaban J connectivity index is 2.15. The van der Waals surface area contributed by atoms with Crippen molar-refractivity contribution in [3.63, 3.8) is 0 Å². The van der Waals surface area contributed by atoms with Gasteiger partial charge in [-0.2, -0.15) is 0 Å². The Hall–Kier alpha value is -1.91. The van der Waals surface area contributed by atoms with E-state index >= 15 is 0 Å². The van der Waals surface area contributed by atoms with E-state index < -0.39 is 0 Å². The zero-order valence-corrected chi connectivity index (χ0v) is 12.9. The number of halogens is 1. The number of aromatic nitrogens is 1. The summed E-state index contributed by atoms with van der Waals surface area (Å²) in [6, 6.07) is 13.2. The maximum absolute atomic E-state index is 12.3. The normalized spacial score (nSPS) is 12.2. The monoisotopic (exact) mass is 304 g/mol. The number of hydrogen-bond donors (Lipinski definition) is 2. The highest BCUT2D eigenvalue weighted by Gasteiger charge is 2.18. The third-order valence-electron chi connectivity index (χ3n) is 3.11.